The molecular formula is C57H83ClN6O20S. The number of nitrogens with two attached hydrogens (primary N) is 1. The number of esters is 1. The molecular weight excluding hydrogens is 1160 g/mol. The number of carbonyl (C=O) groups excluding carboxylic acids is 9. The van der Waals surface area contributed by atoms with Gasteiger partial charge in [0.25, 0.3) is 0 Å². The van der Waals surface area contributed by atoms with Crippen molar-refractivity contribution >= 4 is 82.2 Å². The van der Waals surface area contributed by atoms with Gasteiger partial charge in [-0.3, -0.25) is 48.6 Å². The van der Waals surface area contributed by atoms with Crippen LogP contribution >= 0.6 is 23.4 Å². The lowest BCUT2D eigenvalue weighted by Crippen LogP contribution is -2.63. The molecule has 3 unspecified atom stereocenters. The van der Waals surface area contributed by atoms with Gasteiger partial charge in [-0.1, -0.05) is 42.3 Å². The summed E-state index contributed by atoms with van der Waals surface area (Å²) in [7, 11) is 5.82. The highest BCUT2D eigenvalue weighted by atomic mass is 35.5. The lowest BCUT2D eigenvalue weighted by atomic mass is 9.83. The van der Waals surface area contributed by atoms with Gasteiger partial charge < -0.3 is 62.9 Å². The molecule has 6 amide bonds. The van der Waals surface area contributed by atoms with E-state index in [2.05, 4.69) is 15.5 Å². The van der Waals surface area contributed by atoms with Crippen molar-refractivity contribution in [1.29, 1.82) is 0 Å². The molecule has 474 valence electrons. The highest BCUT2D eigenvalue weighted by Crippen LogP contribution is 2.49. The molecule has 5 N–H and O–H groups in total. The molecule has 26 nitrogen and oxygen atoms in total. The maximum Gasteiger partial charge on any atom is 0.409 e. The van der Waals surface area contributed by atoms with Gasteiger partial charge in [-0.25, -0.2) is 15.5 Å². The first-order valence-corrected chi connectivity index (χ1v) is 29.6. The summed E-state index contributed by atoms with van der Waals surface area (Å²) in [6.07, 6.45) is 1.15. The second-order valence-electron chi connectivity index (χ2n) is 21.4. The fourth-order valence-corrected chi connectivity index (χ4v) is 11.3. The minimum atomic E-state index is -1.90. The number of rotatable bonds is 32. The number of benzene rings is 1. The number of thioether (sulfide) groups is 1. The van der Waals surface area contributed by atoms with Crippen LogP contribution in [0.4, 0.5) is 10.5 Å². The van der Waals surface area contributed by atoms with Crippen LogP contribution in [0.5, 0.6) is 5.75 Å². The number of nitrogens with one attached hydrogen (secondary N) is 2. The summed E-state index contributed by atoms with van der Waals surface area (Å²) in [4.78, 5) is 125. The van der Waals surface area contributed by atoms with E-state index in [-0.39, 0.29) is 126 Å². The van der Waals surface area contributed by atoms with Crippen molar-refractivity contribution in [2.45, 2.75) is 133 Å². The Bertz CT molecular complexity index is 2580. The van der Waals surface area contributed by atoms with Crippen LogP contribution in [0.2, 0.25) is 5.02 Å². The number of aliphatic hydroxyl groups is 1. The number of hydrogen-bond acceptors (Lipinski definition) is 22. The molecule has 1 aromatic rings. The number of hydrogen-bond donors (Lipinski definition) is 4. The zero-order chi connectivity index (χ0) is 62.4. The minimum absolute atomic E-state index is 0.0341. The number of alkyl carbamates (subject to hydrolysis) is 1. The van der Waals surface area contributed by atoms with Crippen molar-refractivity contribution in [3.8, 4) is 5.75 Å². The van der Waals surface area contributed by atoms with Crippen LogP contribution in [-0.4, -0.2) is 222 Å². The fourth-order valence-electron chi connectivity index (χ4n) is 9.85. The molecule has 4 bridgehead atoms. The minimum Gasteiger partial charge on any atom is -0.495 e. The summed E-state index contributed by atoms with van der Waals surface area (Å²) in [5.41, 5.74) is -1.26. The second kappa shape index (κ2) is 34.1. The highest BCUT2D eigenvalue weighted by molar-refractivity contribution is 8.00. The van der Waals surface area contributed by atoms with Crippen molar-refractivity contribution in [3.63, 3.8) is 0 Å². The van der Waals surface area contributed by atoms with Crippen LogP contribution in [0.1, 0.15) is 84.6 Å². The predicted octanol–water partition coefficient (Wildman–Crippen LogP) is 2.54. The number of methoxy groups -OCH3 is 2. The lowest BCUT2D eigenvalue weighted by molar-refractivity contribution is -0.162. The monoisotopic (exact) mass is 1240 g/mol. The number of nitrogens with zero attached hydrogens (tertiary/aromatic N) is 3. The van der Waals surface area contributed by atoms with E-state index in [1.54, 1.807) is 38.1 Å². The average molecular weight is 1240 g/mol. The van der Waals surface area contributed by atoms with Gasteiger partial charge in [0.1, 0.15) is 60.5 Å². The highest BCUT2D eigenvalue weighted by Gasteiger charge is 2.64. The Morgan fingerprint density at radius 3 is 2.33 bits per heavy atom. The molecule has 0 saturated carbocycles. The van der Waals surface area contributed by atoms with Gasteiger partial charge in [-0.05, 0) is 57.7 Å². The van der Waals surface area contributed by atoms with Gasteiger partial charge in [-0.2, -0.15) is 0 Å². The van der Waals surface area contributed by atoms with E-state index in [1.165, 1.54) is 45.0 Å². The molecule has 0 aromatic heterocycles. The molecule has 5 rings (SSSR count). The lowest BCUT2D eigenvalue weighted by Gasteiger charge is -2.42. The number of amides is 6. The van der Waals surface area contributed by atoms with Crippen molar-refractivity contribution in [3.05, 3.63) is 46.5 Å². The van der Waals surface area contributed by atoms with Gasteiger partial charge in [0.05, 0.1) is 63.6 Å². The second-order valence-corrected chi connectivity index (χ2v) is 23.1. The Balaban J connectivity index is 1.06. The standard InChI is InChI=1S/C57H83ClN6O20S/c1-35-12-9-15-45(76-8)57(74)31-43(82-55(73)61-57)36(2)52-56(4,84-52)46(30-49(69)63(6)41-27-38(26-35)28-42(75-7)51(41)58)83-54(72)37(3)62(5)48(68)16-25-85-44-29-50(70)64(53(44)71)18-10-13-39(65)32-79-23-22-78-20-17-60-47(67)34-80-24-21-77-19-11-14-40(66)33-81-59/h9,12,15,27-28,36-37,43-46,52,74H,10-11,13-14,16-26,29-34,59H2,1-8H3,(H,60,67)(H,61,73)/b15-9+,35-12+/t36?,37-,43-,44?,45+,46?,52-,56-,57-/m1/s1. The summed E-state index contributed by atoms with van der Waals surface area (Å²) < 4.78 is 50.8. The number of likely N-dealkylation sites (N-methyl/N-ethyl adjacent to an activating group) is 1. The van der Waals surface area contributed by atoms with Crippen LogP contribution in [0.25, 0.3) is 0 Å². The third-order valence-corrected chi connectivity index (χ3v) is 16.6. The van der Waals surface area contributed by atoms with Gasteiger partial charge in [-0.15, -0.1) is 11.8 Å². The number of ether oxygens (including phenoxy) is 9. The normalized spacial score (nSPS) is 25.7. The number of imide groups is 1. The molecule has 4 aliphatic heterocycles. The number of ketones is 2. The Morgan fingerprint density at radius 2 is 1.62 bits per heavy atom. The number of Topliss-reactive ketones (excluding diaryl/α,β-unsaturated/α-hetero) is 2. The Labute approximate surface area is 504 Å². The summed E-state index contributed by atoms with van der Waals surface area (Å²) in [5.74, 6) is 1.38. The molecule has 4 aliphatic rings. The molecule has 0 radical (unpaired) electrons. The van der Waals surface area contributed by atoms with E-state index in [1.807, 2.05) is 13.0 Å². The third kappa shape index (κ3) is 20.8. The van der Waals surface area contributed by atoms with Gasteiger partial charge in [0, 0.05) is 84.7 Å². The molecule has 28 heteroatoms. The quantitative estimate of drug-likeness (QED) is 0.0265. The molecule has 85 heavy (non-hydrogen) atoms. The number of carbonyl (C=O) groups is 9. The zero-order valence-electron chi connectivity index (χ0n) is 49.7. The van der Waals surface area contributed by atoms with Crippen molar-refractivity contribution in [1.82, 2.24) is 20.4 Å². The van der Waals surface area contributed by atoms with Crippen molar-refractivity contribution in [2.24, 2.45) is 11.8 Å². The number of allylic oxidation sites excluding steroid dienone is 3. The van der Waals surface area contributed by atoms with E-state index in [0.29, 0.717) is 37.3 Å². The molecule has 4 heterocycles. The first kappa shape index (κ1) is 70.2. The van der Waals surface area contributed by atoms with E-state index in [4.69, 9.17) is 60.1 Å². The maximum absolute atomic E-state index is 14.4. The van der Waals surface area contributed by atoms with Crippen LogP contribution in [0.3, 0.4) is 0 Å². The van der Waals surface area contributed by atoms with Crippen molar-refractivity contribution < 1.29 is 95.7 Å². The number of likely N-dealkylation sites (tertiary alicyclic amines) is 1. The summed E-state index contributed by atoms with van der Waals surface area (Å²) in [6.45, 7) is 7.93. The van der Waals surface area contributed by atoms with E-state index >= 15 is 0 Å². The van der Waals surface area contributed by atoms with Crippen molar-refractivity contribution in [2.75, 3.05) is 112 Å². The Morgan fingerprint density at radius 1 is 0.941 bits per heavy atom. The number of fused-ring (bicyclic) bond motifs is 5. The SMILES string of the molecule is COc1cc2cc(c1Cl)N(C)C(=O)CC(OC(=O)[C@@H](C)N(C)C(=O)CCSC1CC(=O)N(CCCC(=O)COCCOCCNC(=O)COCCOCCCC(=O)CON)C1=O)[C@@]1(C)O[C@@H]1C(C)[C@H]1C[C@](O)(NC(=O)O1)[C@@H](OC)/C=C/C=C(\C)C2. The molecule has 0 spiro atoms. The largest absolute Gasteiger partial charge is 0.495 e. The third-order valence-electron chi connectivity index (χ3n) is 15.0. The molecule has 0 aliphatic carbocycles. The van der Waals surface area contributed by atoms with E-state index in [0.717, 1.165) is 27.8 Å². The van der Waals surface area contributed by atoms with Crippen LogP contribution < -0.4 is 26.2 Å². The van der Waals surface area contributed by atoms with Crippen LogP contribution in [-0.2, 0) is 87.5 Å². The maximum atomic E-state index is 14.4. The van der Waals surface area contributed by atoms with E-state index < -0.39 is 95.1 Å². The van der Waals surface area contributed by atoms with Crippen LogP contribution in [0.15, 0.2) is 35.9 Å². The van der Waals surface area contributed by atoms with Gasteiger partial charge >= 0.3 is 12.1 Å². The number of epoxide rings is 1. The van der Waals surface area contributed by atoms with E-state index in [9.17, 15) is 48.3 Å². The van der Waals surface area contributed by atoms with Gasteiger partial charge in [0.2, 0.25) is 29.5 Å². The fraction of sp³-hybridized carbons (Fsp3) is 0.667. The molecule has 1 aromatic carbocycles. The Hall–Kier alpha value is -5.59. The van der Waals surface area contributed by atoms with Crippen LogP contribution in [0, 0.1) is 5.92 Å². The first-order chi connectivity index (χ1) is 40.5. The average Bonchev–Trinajstić information content (AvgIpc) is 2.23. The smallest absolute Gasteiger partial charge is 0.409 e. The topological polar surface area (TPSA) is 329 Å². The summed E-state index contributed by atoms with van der Waals surface area (Å²) in [5, 5.41) is 16.4. The van der Waals surface area contributed by atoms with Gasteiger partial charge in [0.15, 0.2) is 17.3 Å². The molecule has 3 saturated heterocycles. The summed E-state index contributed by atoms with van der Waals surface area (Å²) >= 11 is 7.96. The first-order valence-electron chi connectivity index (χ1n) is 28.2. The zero-order valence-corrected chi connectivity index (χ0v) is 51.3. The predicted molar refractivity (Wildman–Crippen MR) is 308 cm³/mol. The molecule has 9 atom stereocenters. The molecule has 3 fully saturated rings. The number of halogens is 1. The Kier molecular flexibility index (Phi) is 28.1. The summed E-state index contributed by atoms with van der Waals surface area (Å²) in [6, 6.07) is 2.34. The number of anilines is 1.